The molecule has 3 N–H and O–H groups in total. The maximum absolute atomic E-state index is 14.4. The number of hydrogen-bond acceptors (Lipinski definition) is 6. The highest BCUT2D eigenvalue weighted by molar-refractivity contribution is 14.1. The molecule has 0 radical (unpaired) electrons. The number of carbonyl (C=O) groups excluding carboxylic acids is 3. The lowest BCUT2D eigenvalue weighted by Gasteiger charge is -2.24. The Kier molecular flexibility index (Phi) is 8.10. The van der Waals surface area contributed by atoms with E-state index >= 15 is 0 Å². The molecule has 1 saturated heterocycles. The van der Waals surface area contributed by atoms with Gasteiger partial charge in [0.15, 0.2) is 0 Å². The molecule has 1 aliphatic rings. The SMILES string of the molecule is O=C(Nc1ccc(I)cc1F)C(Cc1ccccn1)N1C(=O)N[C@H](c2ccc(OCCO)cc2)C1=O. The smallest absolute Gasteiger partial charge is 0.325 e. The number of anilines is 1. The Bertz CT molecular complexity index is 1260. The fourth-order valence-electron chi connectivity index (χ4n) is 3.76. The third-order valence-electron chi connectivity index (χ3n) is 5.48. The number of aliphatic hydroxyl groups is 1. The van der Waals surface area contributed by atoms with E-state index < -0.39 is 35.7 Å². The Morgan fingerprint density at radius 2 is 1.97 bits per heavy atom. The average molecular weight is 604 g/mol. The lowest BCUT2D eigenvalue weighted by molar-refractivity contribution is -0.134. The van der Waals surface area contributed by atoms with Crippen molar-refractivity contribution in [1.82, 2.24) is 15.2 Å². The van der Waals surface area contributed by atoms with E-state index in [-0.39, 0.29) is 25.3 Å². The highest BCUT2D eigenvalue weighted by atomic mass is 127. The summed E-state index contributed by atoms with van der Waals surface area (Å²) in [5.41, 5.74) is 0.913. The Morgan fingerprint density at radius 3 is 2.64 bits per heavy atom. The number of pyridine rings is 1. The summed E-state index contributed by atoms with van der Waals surface area (Å²) in [5.74, 6) is -1.49. The van der Waals surface area contributed by atoms with Crippen LogP contribution < -0.4 is 15.4 Å². The molecule has 2 aromatic carbocycles. The van der Waals surface area contributed by atoms with Crippen LogP contribution in [0.5, 0.6) is 5.75 Å². The third kappa shape index (κ3) is 5.79. The van der Waals surface area contributed by atoms with Crippen molar-refractivity contribution >= 4 is 46.1 Å². The molecule has 9 nitrogen and oxygen atoms in total. The molecule has 1 aliphatic heterocycles. The standard InChI is InChI=1S/C25H22FIN4O5/c26-19-13-16(27)6-9-20(19)29-23(33)21(14-17-3-1-2-10-28-17)31-24(34)22(30-25(31)35)15-4-7-18(8-5-15)36-12-11-32/h1-10,13,21-22,32H,11-12,14H2,(H,29,33)(H,30,35)/t21?,22-/m1/s1. The molecule has 2 heterocycles. The molecule has 0 aliphatic carbocycles. The van der Waals surface area contributed by atoms with Gasteiger partial charge in [0.2, 0.25) is 5.91 Å². The zero-order valence-electron chi connectivity index (χ0n) is 18.9. The first-order valence-electron chi connectivity index (χ1n) is 11.0. The van der Waals surface area contributed by atoms with E-state index in [4.69, 9.17) is 9.84 Å². The lowest BCUT2D eigenvalue weighted by atomic mass is 10.0. The number of rotatable bonds is 9. The minimum atomic E-state index is -1.27. The molecule has 186 valence electrons. The van der Waals surface area contributed by atoms with Crippen LogP contribution in [0.15, 0.2) is 66.9 Å². The molecule has 0 spiro atoms. The molecule has 3 aromatic rings. The van der Waals surface area contributed by atoms with Crippen LogP contribution in [0.2, 0.25) is 0 Å². The van der Waals surface area contributed by atoms with Crippen molar-refractivity contribution in [3.63, 3.8) is 0 Å². The second-order valence-electron chi connectivity index (χ2n) is 7.89. The minimum Gasteiger partial charge on any atom is -0.491 e. The molecule has 2 atom stereocenters. The summed E-state index contributed by atoms with van der Waals surface area (Å²) in [5, 5.41) is 14.0. The zero-order chi connectivity index (χ0) is 25.7. The van der Waals surface area contributed by atoms with Crippen molar-refractivity contribution in [1.29, 1.82) is 0 Å². The molecule has 0 saturated carbocycles. The van der Waals surface area contributed by atoms with Gasteiger partial charge in [0.05, 0.1) is 12.3 Å². The monoisotopic (exact) mass is 604 g/mol. The normalized spacial score (nSPS) is 16.0. The lowest BCUT2D eigenvalue weighted by Crippen LogP contribution is -2.49. The van der Waals surface area contributed by atoms with Crippen molar-refractivity contribution in [3.05, 3.63) is 87.5 Å². The number of nitrogens with one attached hydrogen (secondary N) is 2. The maximum atomic E-state index is 14.4. The number of aromatic nitrogens is 1. The molecule has 1 unspecified atom stereocenters. The van der Waals surface area contributed by atoms with Crippen molar-refractivity contribution in [3.8, 4) is 5.75 Å². The minimum absolute atomic E-state index is 0.0571. The Balaban J connectivity index is 1.60. The van der Waals surface area contributed by atoms with Crippen LogP contribution in [-0.2, 0) is 16.0 Å². The van der Waals surface area contributed by atoms with Gasteiger partial charge in [-0.05, 0) is 70.6 Å². The first-order chi connectivity index (χ1) is 17.4. The number of aliphatic hydroxyl groups excluding tert-OH is 1. The van der Waals surface area contributed by atoms with Gasteiger partial charge in [0.1, 0.15) is 30.3 Å². The average Bonchev–Trinajstić information content (AvgIpc) is 3.17. The molecule has 36 heavy (non-hydrogen) atoms. The summed E-state index contributed by atoms with van der Waals surface area (Å²) in [7, 11) is 0. The summed E-state index contributed by atoms with van der Waals surface area (Å²) in [4.78, 5) is 44.7. The predicted molar refractivity (Wildman–Crippen MR) is 137 cm³/mol. The van der Waals surface area contributed by atoms with Crippen LogP contribution in [0.4, 0.5) is 14.9 Å². The number of nitrogens with zero attached hydrogens (tertiary/aromatic N) is 2. The van der Waals surface area contributed by atoms with Crippen LogP contribution in [0.3, 0.4) is 0 Å². The topological polar surface area (TPSA) is 121 Å². The predicted octanol–water partition coefficient (Wildman–Crippen LogP) is 3.04. The summed E-state index contributed by atoms with van der Waals surface area (Å²) >= 11 is 1.95. The van der Waals surface area contributed by atoms with E-state index in [1.54, 1.807) is 48.5 Å². The first-order valence-corrected chi connectivity index (χ1v) is 12.1. The molecule has 4 amide bonds. The van der Waals surface area contributed by atoms with Gasteiger partial charge in [-0.25, -0.2) is 14.1 Å². The van der Waals surface area contributed by atoms with Crippen molar-refractivity contribution in [2.75, 3.05) is 18.5 Å². The van der Waals surface area contributed by atoms with Crippen LogP contribution in [0, 0.1) is 9.39 Å². The highest BCUT2D eigenvalue weighted by Gasteiger charge is 2.45. The molecule has 11 heteroatoms. The molecule has 1 fully saturated rings. The molecule has 0 bridgehead atoms. The Morgan fingerprint density at radius 1 is 1.19 bits per heavy atom. The number of amides is 4. The molecular weight excluding hydrogens is 582 g/mol. The Hall–Kier alpha value is -3.58. The van der Waals surface area contributed by atoms with E-state index in [9.17, 15) is 18.8 Å². The van der Waals surface area contributed by atoms with Crippen molar-refractivity contribution in [2.45, 2.75) is 18.5 Å². The fraction of sp³-hybridized carbons (Fsp3) is 0.200. The van der Waals surface area contributed by atoms with Gasteiger partial charge in [-0.3, -0.25) is 14.6 Å². The number of imide groups is 1. The van der Waals surface area contributed by atoms with Gasteiger partial charge >= 0.3 is 6.03 Å². The first kappa shape index (κ1) is 25.5. The van der Waals surface area contributed by atoms with Crippen molar-refractivity contribution < 1.29 is 28.6 Å². The van der Waals surface area contributed by atoms with Crippen LogP contribution >= 0.6 is 22.6 Å². The number of halogens is 2. The number of carbonyl (C=O) groups is 3. The van der Waals surface area contributed by atoms with E-state index in [2.05, 4.69) is 15.6 Å². The van der Waals surface area contributed by atoms with Crippen LogP contribution in [0.25, 0.3) is 0 Å². The molecule has 1 aromatic heterocycles. The van der Waals surface area contributed by atoms with Gasteiger partial charge in [-0.1, -0.05) is 18.2 Å². The summed E-state index contributed by atoms with van der Waals surface area (Å²) in [6, 6.07) is 12.9. The number of ether oxygens (including phenoxy) is 1. The summed E-state index contributed by atoms with van der Waals surface area (Å²) < 4.78 is 20.4. The van der Waals surface area contributed by atoms with Gasteiger partial charge in [0.25, 0.3) is 5.91 Å². The molecular formula is C25H22FIN4O5. The van der Waals surface area contributed by atoms with Gasteiger partial charge in [0, 0.05) is 21.9 Å². The van der Waals surface area contributed by atoms with E-state index in [0.717, 1.165) is 4.90 Å². The molecule has 4 rings (SSSR count). The van der Waals surface area contributed by atoms with E-state index in [1.807, 2.05) is 22.6 Å². The number of urea groups is 1. The van der Waals surface area contributed by atoms with Gasteiger partial charge in [-0.2, -0.15) is 0 Å². The summed E-state index contributed by atoms with van der Waals surface area (Å²) in [6.45, 7) is -0.0165. The third-order valence-corrected chi connectivity index (χ3v) is 6.15. The Labute approximate surface area is 219 Å². The second-order valence-corrected chi connectivity index (χ2v) is 9.13. The van der Waals surface area contributed by atoms with E-state index in [1.165, 1.54) is 18.3 Å². The number of benzene rings is 2. The van der Waals surface area contributed by atoms with Gasteiger partial charge < -0.3 is 20.5 Å². The maximum Gasteiger partial charge on any atom is 0.325 e. The summed E-state index contributed by atoms with van der Waals surface area (Å²) in [6.07, 6.45) is 1.48. The van der Waals surface area contributed by atoms with Gasteiger partial charge in [-0.15, -0.1) is 0 Å². The number of hydrogen-bond donors (Lipinski definition) is 3. The largest absolute Gasteiger partial charge is 0.491 e. The van der Waals surface area contributed by atoms with E-state index in [0.29, 0.717) is 20.6 Å². The second kappa shape index (κ2) is 11.4. The van der Waals surface area contributed by atoms with Crippen LogP contribution in [0.1, 0.15) is 17.3 Å². The van der Waals surface area contributed by atoms with Crippen LogP contribution in [-0.4, -0.2) is 52.1 Å². The highest BCUT2D eigenvalue weighted by Crippen LogP contribution is 2.27. The van der Waals surface area contributed by atoms with Crippen molar-refractivity contribution in [2.24, 2.45) is 0 Å². The fourth-order valence-corrected chi connectivity index (χ4v) is 4.21. The zero-order valence-corrected chi connectivity index (χ0v) is 21.0. The quantitative estimate of drug-likeness (QED) is 0.255.